The van der Waals surface area contributed by atoms with E-state index in [4.69, 9.17) is 0 Å². The summed E-state index contributed by atoms with van der Waals surface area (Å²) < 4.78 is 0. The maximum atomic E-state index is 12.3. The fourth-order valence-electron chi connectivity index (χ4n) is 2.98. The van der Waals surface area contributed by atoms with Gasteiger partial charge in [-0.1, -0.05) is 55.5 Å². The first kappa shape index (κ1) is 17.9. The van der Waals surface area contributed by atoms with Crippen LogP contribution in [0.4, 0.5) is 5.69 Å². The van der Waals surface area contributed by atoms with Crippen LogP contribution >= 0.6 is 0 Å². The van der Waals surface area contributed by atoms with Crippen LogP contribution in [0.5, 0.6) is 0 Å². The van der Waals surface area contributed by atoms with Crippen LogP contribution in [0.25, 0.3) is 0 Å². The first-order valence-electron chi connectivity index (χ1n) is 8.98. The molecule has 1 heterocycles. The van der Waals surface area contributed by atoms with Crippen LogP contribution in [0.15, 0.2) is 59.7 Å². The van der Waals surface area contributed by atoms with Crippen molar-refractivity contribution in [3.63, 3.8) is 0 Å². The zero-order valence-electron chi connectivity index (χ0n) is 14.9. The number of nitrogens with zero attached hydrogens (tertiary/aromatic N) is 2. The summed E-state index contributed by atoms with van der Waals surface area (Å²) >= 11 is 0. The molecule has 1 N–H and O–H groups in total. The molecule has 0 fully saturated rings. The summed E-state index contributed by atoms with van der Waals surface area (Å²) in [6.45, 7) is 2.62. The predicted molar refractivity (Wildman–Crippen MR) is 103 cm³/mol. The largest absolute Gasteiger partial charge is 0.326 e. The van der Waals surface area contributed by atoms with E-state index in [0.29, 0.717) is 6.54 Å². The number of carbonyl (C=O) groups is 2. The second-order valence-corrected chi connectivity index (χ2v) is 6.24. The van der Waals surface area contributed by atoms with E-state index in [1.54, 1.807) is 0 Å². The minimum atomic E-state index is -0.147. The number of para-hydroxylation sites is 1. The third-order valence-corrected chi connectivity index (χ3v) is 4.44. The van der Waals surface area contributed by atoms with Gasteiger partial charge in [0.15, 0.2) is 0 Å². The average Bonchev–Trinajstić information content (AvgIpc) is 3.17. The van der Waals surface area contributed by atoms with Gasteiger partial charge in [-0.05, 0) is 23.6 Å². The number of hydrogen-bond donors (Lipinski definition) is 1. The highest BCUT2D eigenvalue weighted by atomic mass is 16.2. The molecule has 2 aromatic rings. The number of carbonyl (C=O) groups excluding carboxylic acids is 2. The molecule has 0 atom stereocenters. The first-order chi connectivity index (χ1) is 12.7. The monoisotopic (exact) mass is 349 g/mol. The zero-order valence-corrected chi connectivity index (χ0v) is 14.9. The number of anilines is 1. The molecule has 0 aromatic heterocycles. The van der Waals surface area contributed by atoms with E-state index in [0.717, 1.165) is 35.4 Å². The Morgan fingerprint density at radius 1 is 1.04 bits per heavy atom. The van der Waals surface area contributed by atoms with Crippen molar-refractivity contribution in [2.24, 2.45) is 5.10 Å². The Morgan fingerprint density at radius 3 is 2.54 bits per heavy atom. The third-order valence-electron chi connectivity index (χ3n) is 4.44. The lowest BCUT2D eigenvalue weighted by atomic mass is 10.1. The Labute approximate surface area is 153 Å². The van der Waals surface area contributed by atoms with Crippen molar-refractivity contribution in [1.82, 2.24) is 5.01 Å². The van der Waals surface area contributed by atoms with Gasteiger partial charge in [-0.15, -0.1) is 0 Å². The summed E-state index contributed by atoms with van der Waals surface area (Å²) in [5, 5.41) is 8.79. The van der Waals surface area contributed by atoms with Crippen molar-refractivity contribution in [3.8, 4) is 0 Å². The van der Waals surface area contributed by atoms with Crippen molar-refractivity contribution in [2.45, 2.75) is 32.6 Å². The highest BCUT2D eigenvalue weighted by Crippen LogP contribution is 2.17. The molecule has 0 saturated carbocycles. The second-order valence-electron chi connectivity index (χ2n) is 6.24. The van der Waals surface area contributed by atoms with Gasteiger partial charge >= 0.3 is 0 Å². The maximum absolute atomic E-state index is 12.3. The summed E-state index contributed by atoms with van der Waals surface area (Å²) in [5.74, 6) is -0.263. The molecular formula is C21H23N3O2. The fourth-order valence-corrected chi connectivity index (χ4v) is 2.98. The van der Waals surface area contributed by atoms with Crippen LogP contribution in [0.1, 0.15) is 37.3 Å². The minimum Gasteiger partial charge on any atom is -0.326 e. The first-order valence-corrected chi connectivity index (χ1v) is 8.98. The lowest BCUT2D eigenvalue weighted by molar-refractivity contribution is -0.132. The van der Waals surface area contributed by atoms with Gasteiger partial charge in [-0.25, -0.2) is 5.01 Å². The molecule has 1 aliphatic heterocycles. The number of amides is 2. The Kier molecular flexibility index (Phi) is 5.79. The number of hydrogen-bond acceptors (Lipinski definition) is 3. The maximum Gasteiger partial charge on any atom is 0.243 e. The van der Waals surface area contributed by atoms with Gasteiger partial charge in [-0.3, -0.25) is 9.59 Å². The Morgan fingerprint density at radius 2 is 1.77 bits per heavy atom. The SMILES string of the molecule is CCc1ccccc1NC(=O)CCC(=O)N1CCC(c2ccccc2)=N1. The lowest BCUT2D eigenvalue weighted by Gasteiger charge is -2.12. The molecule has 0 saturated heterocycles. The molecule has 2 amide bonds. The molecule has 0 spiro atoms. The van der Waals surface area contributed by atoms with Crippen molar-refractivity contribution in [1.29, 1.82) is 0 Å². The third kappa shape index (κ3) is 4.36. The molecule has 0 aliphatic carbocycles. The van der Waals surface area contributed by atoms with Crippen molar-refractivity contribution in [2.75, 3.05) is 11.9 Å². The molecule has 2 aromatic carbocycles. The molecular weight excluding hydrogens is 326 g/mol. The van der Waals surface area contributed by atoms with E-state index in [9.17, 15) is 9.59 Å². The van der Waals surface area contributed by atoms with Crippen LogP contribution < -0.4 is 5.32 Å². The molecule has 0 unspecified atom stereocenters. The molecule has 5 heteroatoms. The van der Waals surface area contributed by atoms with Crippen molar-refractivity contribution in [3.05, 3.63) is 65.7 Å². The fraction of sp³-hybridized carbons (Fsp3) is 0.286. The van der Waals surface area contributed by atoms with Gasteiger partial charge in [0, 0.05) is 24.9 Å². The standard InChI is InChI=1S/C21H23N3O2/c1-2-16-8-6-7-11-18(16)22-20(25)12-13-21(26)24-15-14-19(23-24)17-9-4-3-5-10-17/h3-11H,2,12-15H2,1H3,(H,22,25). The Hall–Kier alpha value is -2.95. The summed E-state index contributed by atoms with van der Waals surface area (Å²) in [7, 11) is 0. The number of rotatable bonds is 6. The normalized spacial score (nSPS) is 13.4. The Bertz CT molecular complexity index is 815. The molecule has 5 nitrogen and oxygen atoms in total. The highest BCUT2D eigenvalue weighted by molar-refractivity contribution is 6.02. The van der Waals surface area contributed by atoms with Gasteiger partial charge in [0.05, 0.1) is 12.3 Å². The molecule has 134 valence electrons. The van der Waals surface area contributed by atoms with Gasteiger partial charge in [0.25, 0.3) is 0 Å². The smallest absolute Gasteiger partial charge is 0.243 e. The van der Waals surface area contributed by atoms with Crippen molar-refractivity contribution >= 4 is 23.2 Å². The minimum absolute atomic E-state index is 0.116. The topological polar surface area (TPSA) is 61.8 Å². The molecule has 0 bridgehead atoms. The molecule has 3 rings (SSSR count). The molecule has 0 radical (unpaired) electrons. The van der Waals surface area contributed by atoms with E-state index in [2.05, 4.69) is 10.4 Å². The van der Waals surface area contributed by atoms with E-state index in [1.807, 2.05) is 61.5 Å². The van der Waals surface area contributed by atoms with E-state index in [-0.39, 0.29) is 24.7 Å². The van der Waals surface area contributed by atoms with E-state index < -0.39 is 0 Å². The number of hydrazone groups is 1. The van der Waals surface area contributed by atoms with Gasteiger partial charge in [0.2, 0.25) is 11.8 Å². The van der Waals surface area contributed by atoms with Gasteiger partial charge in [0.1, 0.15) is 0 Å². The summed E-state index contributed by atoms with van der Waals surface area (Å²) in [4.78, 5) is 24.5. The van der Waals surface area contributed by atoms with Crippen LogP contribution in [0.3, 0.4) is 0 Å². The van der Waals surface area contributed by atoms with Crippen molar-refractivity contribution < 1.29 is 9.59 Å². The average molecular weight is 349 g/mol. The highest BCUT2D eigenvalue weighted by Gasteiger charge is 2.22. The van der Waals surface area contributed by atoms with Crippen LogP contribution in [0.2, 0.25) is 0 Å². The molecule has 26 heavy (non-hydrogen) atoms. The Balaban J connectivity index is 1.53. The zero-order chi connectivity index (χ0) is 18.4. The quantitative estimate of drug-likeness (QED) is 0.866. The summed E-state index contributed by atoms with van der Waals surface area (Å²) in [5.41, 5.74) is 3.86. The van der Waals surface area contributed by atoms with E-state index in [1.165, 1.54) is 5.01 Å². The van der Waals surface area contributed by atoms with Crippen LogP contribution in [0, 0.1) is 0 Å². The predicted octanol–water partition coefficient (Wildman–Crippen LogP) is 3.60. The van der Waals surface area contributed by atoms with E-state index >= 15 is 0 Å². The second kappa shape index (κ2) is 8.43. The lowest BCUT2D eigenvalue weighted by Crippen LogP contribution is -2.25. The number of nitrogens with one attached hydrogen (secondary N) is 1. The number of aryl methyl sites for hydroxylation is 1. The summed E-state index contributed by atoms with van der Waals surface area (Å²) in [6.07, 6.45) is 1.90. The van der Waals surface area contributed by atoms with Gasteiger partial charge in [-0.2, -0.15) is 5.10 Å². The van der Waals surface area contributed by atoms with Crippen LogP contribution in [-0.4, -0.2) is 29.1 Å². The van der Waals surface area contributed by atoms with Gasteiger partial charge < -0.3 is 5.32 Å². The number of benzene rings is 2. The molecule has 1 aliphatic rings. The van der Waals surface area contributed by atoms with Crippen LogP contribution in [-0.2, 0) is 16.0 Å². The summed E-state index contributed by atoms with van der Waals surface area (Å²) in [6, 6.07) is 17.6.